The Balaban J connectivity index is 1.69. The van der Waals surface area contributed by atoms with Crippen molar-refractivity contribution in [2.75, 3.05) is 24.6 Å². The number of halogens is 2. The van der Waals surface area contributed by atoms with Gasteiger partial charge in [0.15, 0.2) is 11.6 Å². The van der Waals surface area contributed by atoms with Crippen molar-refractivity contribution in [2.45, 2.75) is 26.3 Å². The van der Waals surface area contributed by atoms with Gasteiger partial charge < -0.3 is 15.8 Å². The standard InChI is InChI=1S/C25H27F2N7O2/c1-2-9-29-10-4-11-36-18-7-8-19-21(12-18)30-16-31-25(19)34(22-6-3-5-20(26)24(22)27)17-13-32-33(14-17)15-23(28)35/h3,5-8,12-14,16,29H,2,4,9-11,15H2,1H3,(H2,28,35). The highest BCUT2D eigenvalue weighted by Gasteiger charge is 2.23. The van der Waals surface area contributed by atoms with Gasteiger partial charge >= 0.3 is 0 Å². The van der Waals surface area contributed by atoms with E-state index in [2.05, 4.69) is 27.3 Å². The number of nitrogens with two attached hydrogens (primary N) is 1. The molecule has 0 saturated carbocycles. The van der Waals surface area contributed by atoms with Gasteiger partial charge in [0.2, 0.25) is 5.91 Å². The fraction of sp³-hybridized carbons (Fsp3) is 0.280. The summed E-state index contributed by atoms with van der Waals surface area (Å²) < 4.78 is 36.3. The first-order valence-corrected chi connectivity index (χ1v) is 11.6. The van der Waals surface area contributed by atoms with Crippen LogP contribution in [-0.2, 0) is 11.3 Å². The fourth-order valence-corrected chi connectivity index (χ4v) is 3.73. The van der Waals surface area contributed by atoms with Crippen LogP contribution in [0.5, 0.6) is 5.75 Å². The third-order valence-corrected chi connectivity index (χ3v) is 5.36. The number of fused-ring (bicyclic) bond motifs is 1. The number of benzene rings is 2. The molecule has 0 radical (unpaired) electrons. The lowest BCUT2D eigenvalue weighted by atomic mass is 10.2. The van der Waals surface area contributed by atoms with Gasteiger partial charge in [-0.05, 0) is 50.2 Å². The van der Waals surface area contributed by atoms with Gasteiger partial charge in [0, 0.05) is 17.6 Å². The van der Waals surface area contributed by atoms with Crippen LogP contribution in [0.3, 0.4) is 0 Å². The van der Waals surface area contributed by atoms with E-state index >= 15 is 0 Å². The van der Waals surface area contributed by atoms with Gasteiger partial charge in [-0.2, -0.15) is 5.10 Å². The second-order valence-corrected chi connectivity index (χ2v) is 8.10. The Labute approximate surface area is 206 Å². The zero-order chi connectivity index (χ0) is 25.5. The molecule has 0 saturated heterocycles. The summed E-state index contributed by atoms with van der Waals surface area (Å²) in [5, 5.41) is 8.04. The van der Waals surface area contributed by atoms with Gasteiger partial charge in [-0.1, -0.05) is 13.0 Å². The van der Waals surface area contributed by atoms with Crippen molar-refractivity contribution in [2.24, 2.45) is 5.73 Å². The maximum atomic E-state index is 15.0. The molecule has 1 amide bonds. The van der Waals surface area contributed by atoms with E-state index in [0.717, 1.165) is 32.0 Å². The molecule has 0 aliphatic carbocycles. The fourth-order valence-electron chi connectivity index (χ4n) is 3.73. The predicted molar refractivity (Wildman–Crippen MR) is 132 cm³/mol. The number of aromatic nitrogens is 4. The third-order valence-electron chi connectivity index (χ3n) is 5.36. The second-order valence-electron chi connectivity index (χ2n) is 8.10. The van der Waals surface area contributed by atoms with E-state index in [1.165, 1.54) is 40.4 Å². The van der Waals surface area contributed by atoms with Crippen molar-refractivity contribution < 1.29 is 18.3 Å². The number of amides is 1. The number of ether oxygens (including phenoxy) is 1. The molecular formula is C25H27F2N7O2. The summed E-state index contributed by atoms with van der Waals surface area (Å²) in [7, 11) is 0. The van der Waals surface area contributed by atoms with Crippen molar-refractivity contribution >= 4 is 34.0 Å². The minimum absolute atomic E-state index is 0.0754. The molecule has 3 N–H and O–H groups in total. The average molecular weight is 496 g/mol. The number of hydrogen-bond acceptors (Lipinski definition) is 7. The second kappa shape index (κ2) is 11.5. The van der Waals surface area contributed by atoms with Crippen molar-refractivity contribution in [1.82, 2.24) is 25.1 Å². The first-order chi connectivity index (χ1) is 17.5. The molecule has 4 rings (SSSR count). The molecule has 0 aliphatic rings. The zero-order valence-corrected chi connectivity index (χ0v) is 19.8. The smallest absolute Gasteiger partial charge is 0.239 e. The molecule has 0 aliphatic heterocycles. The molecular weight excluding hydrogens is 468 g/mol. The summed E-state index contributed by atoms with van der Waals surface area (Å²) in [6.07, 6.45) is 6.21. The van der Waals surface area contributed by atoms with Gasteiger partial charge in [-0.15, -0.1) is 0 Å². The summed E-state index contributed by atoms with van der Waals surface area (Å²) in [6.45, 7) is 4.33. The first-order valence-electron chi connectivity index (χ1n) is 11.6. The molecule has 9 nitrogen and oxygen atoms in total. The molecule has 11 heteroatoms. The van der Waals surface area contributed by atoms with E-state index in [9.17, 15) is 13.6 Å². The topological polar surface area (TPSA) is 111 Å². The van der Waals surface area contributed by atoms with E-state index in [-0.39, 0.29) is 12.2 Å². The minimum Gasteiger partial charge on any atom is -0.493 e. The normalized spacial score (nSPS) is 11.1. The molecule has 188 valence electrons. The van der Waals surface area contributed by atoms with Crippen LogP contribution in [0.4, 0.5) is 26.0 Å². The Kier molecular flexibility index (Phi) is 8.01. The first kappa shape index (κ1) is 25.0. The Hall–Kier alpha value is -4.12. The van der Waals surface area contributed by atoms with Crippen LogP contribution in [0.25, 0.3) is 10.9 Å². The van der Waals surface area contributed by atoms with Crippen LogP contribution in [0.1, 0.15) is 19.8 Å². The van der Waals surface area contributed by atoms with Gasteiger partial charge in [0.1, 0.15) is 24.4 Å². The molecule has 2 aromatic carbocycles. The van der Waals surface area contributed by atoms with Gasteiger partial charge in [-0.25, -0.2) is 18.7 Å². The van der Waals surface area contributed by atoms with Crippen LogP contribution in [-0.4, -0.2) is 45.4 Å². The molecule has 4 aromatic rings. The molecule has 0 fully saturated rings. The Morgan fingerprint density at radius 3 is 2.86 bits per heavy atom. The third kappa shape index (κ3) is 5.74. The molecule has 0 atom stereocenters. The summed E-state index contributed by atoms with van der Waals surface area (Å²) in [6, 6.07) is 9.20. The number of carbonyl (C=O) groups is 1. The lowest BCUT2D eigenvalue weighted by Gasteiger charge is -2.24. The van der Waals surface area contributed by atoms with E-state index in [4.69, 9.17) is 10.5 Å². The van der Waals surface area contributed by atoms with Crippen molar-refractivity contribution in [1.29, 1.82) is 0 Å². The SMILES string of the molecule is CCCNCCCOc1ccc2c(N(c3cnn(CC(N)=O)c3)c3cccc(F)c3F)ncnc2c1. The monoisotopic (exact) mass is 495 g/mol. The van der Waals surface area contributed by atoms with E-state index in [0.29, 0.717) is 34.8 Å². The Morgan fingerprint density at radius 1 is 1.19 bits per heavy atom. The van der Waals surface area contributed by atoms with Crippen molar-refractivity contribution in [3.05, 3.63) is 66.8 Å². The predicted octanol–water partition coefficient (Wildman–Crippen LogP) is 3.83. The maximum Gasteiger partial charge on any atom is 0.239 e. The van der Waals surface area contributed by atoms with E-state index in [1.807, 2.05) is 0 Å². The maximum absolute atomic E-state index is 15.0. The van der Waals surface area contributed by atoms with Crippen LogP contribution in [0, 0.1) is 11.6 Å². The number of hydrogen-bond donors (Lipinski definition) is 2. The number of nitrogens with one attached hydrogen (secondary N) is 1. The number of primary amides is 1. The van der Waals surface area contributed by atoms with Crippen molar-refractivity contribution in [3.8, 4) is 5.75 Å². The lowest BCUT2D eigenvalue weighted by Crippen LogP contribution is -2.19. The van der Waals surface area contributed by atoms with Gasteiger partial charge in [-0.3, -0.25) is 14.4 Å². The highest BCUT2D eigenvalue weighted by molar-refractivity contribution is 5.95. The summed E-state index contributed by atoms with van der Waals surface area (Å²) in [5.74, 6) is -1.71. The largest absolute Gasteiger partial charge is 0.493 e. The number of anilines is 3. The van der Waals surface area contributed by atoms with E-state index in [1.54, 1.807) is 18.2 Å². The molecule has 0 bridgehead atoms. The van der Waals surface area contributed by atoms with Crippen LogP contribution >= 0.6 is 0 Å². The molecule has 0 spiro atoms. The van der Waals surface area contributed by atoms with Gasteiger partial charge in [0.05, 0.1) is 29.7 Å². The van der Waals surface area contributed by atoms with Crippen LogP contribution < -0.4 is 20.7 Å². The Morgan fingerprint density at radius 2 is 2.06 bits per heavy atom. The lowest BCUT2D eigenvalue weighted by molar-refractivity contribution is -0.118. The quantitative estimate of drug-likeness (QED) is 0.287. The average Bonchev–Trinajstić information content (AvgIpc) is 3.31. The number of carbonyl (C=O) groups excluding carboxylic acids is 1. The van der Waals surface area contributed by atoms with E-state index < -0.39 is 17.5 Å². The van der Waals surface area contributed by atoms with Crippen molar-refractivity contribution in [3.63, 3.8) is 0 Å². The highest BCUT2D eigenvalue weighted by atomic mass is 19.2. The molecule has 0 unspecified atom stereocenters. The minimum atomic E-state index is -1.05. The zero-order valence-electron chi connectivity index (χ0n) is 19.8. The highest BCUT2D eigenvalue weighted by Crippen LogP contribution is 2.38. The molecule has 2 aromatic heterocycles. The summed E-state index contributed by atoms with van der Waals surface area (Å²) in [5.41, 5.74) is 6.12. The number of nitrogens with zero attached hydrogens (tertiary/aromatic N) is 5. The Bertz CT molecular complexity index is 1350. The molecule has 36 heavy (non-hydrogen) atoms. The van der Waals surface area contributed by atoms with Crippen LogP contribution in [0.2, 0.25) is 0 Å². The summed E-state index contributed by atoms with van der Waals surface area (Å²) >= 11 is 0. The van der Waals surface area contributed by atoms with Crippen LogP contribution in [0.15, 0.2) is 55.1 Å². The molecule has 2 heterocycles. The number of rotatable bonds is 12. The van der Waals surface area contributed by atoms with Gasteiger partial charge in [0.25, 0.3) is 0 Å². The summed E-state index contributed by atoms with van der Waals surface area (Å²) in [4.78, 5) is 21.5.